The second-order valence-corrected chi connectivity index (χ2v) is 8.34. The number of rotatable bonds is 8. The molecule has 0 fully saturated rings. The highest BCUT2D eigenvalue weighted by atomic mass is 32.2. The largest absolute Gasteiger partial charge is 0.507 e. The molecule has 0 radical (unpaired) electrons. The number of likely N-dealkylation sites (N-methyl/N-ethyl adjacent to an activating group) is 1. The summed E-state index contributed by atoms with van der Waals surface area (Å²) in [6.07, 6.45) is 1.16. The fraction of sp³-hybridized carbons (Fsp3) is 0.300. The average Bonchev–Trinajstić information content (AvgIpc) is 2.57. The number of nitrogens with zero attached hydrogens (tertiary/aromatic N) is 1. The van der Waals surface area contributed by atoms with E-state index in [0.29, 0.717) is 23.5 Å². The monoisotopic (exact) mass is 389 g/mol. The van der Waals surface area contributed by atoms with E-state index < -0.39 is 10.0 Å². The predicted octanol–water partition coefficient (Wildman–Crippen LogP) is 1.64. The Morgan fingerprint density at radius 2 is 1.81 bits per heavy atom. The van der Waals surface area contributed by atoms with Gasteiger partial charge < -0.3 is 15.3 Å². The molecular formula is C20H27N3O3S. The first kappa shape index (κ1) is 20.8. The smallest absolute Gasteiger partial charge is 0.208 e. The fourth-order valence-corrected chi connectivity index (χ4v) is 3.22. The van der Waals surface area contributed by atoms with Gasteiger partial charge in [-0.15, -0.1) is 0 Å². The average molecular weight is 390 g/mol. The van der Waals surface area contributed by atoms with Gasteiger partial charge in [0.25, 0.3) is 0 Å². The summed E-state index contributed by atoms with van der Waals surface area (Å²) in [6.45, 7) is 13.5. The first-order chi connectivity index (χ1) is 12.6. The fourth-order valence-electron chi connectivity index (χ4n) is 2.76. The summed E-state index contributed by atoms with van der Waals surface area (Å²) >= 11 is 0. The Morgan fingerprint density at radius 1 is 1.11 bits per heavy atom. The van der Waals surface area contributed by atoms with Crippen LogP contribution in [0.2, 0.25) is 0 Å². The van der Waals surface area contributed by atoms with Gasteiger partial charge in [-0.05, 0) is 55.0 Å². The van der Waals surface area contributed by atoms with Gasteiger partial charge in [0, 0.05) is 41.9 Å². The minimum absolute atomic E-state index is 0.124. The lowest BCUT2D eigenvalue weighted by atomic mass is 10.1. The van der Waals surface area contributed by atoms with Crippen LogP contribution in [0.4, 0.5) is 17.1 Å². The van der Waals surface area contributed by atoms with Crippen LogP contribution in [0.3, 0.4) is 0 Å². The maximum Gasteiger partial charge on any atom is 0.208 e. The summed E-state index contributed by atoms with van der Waals surface area (Å²) in [6, 6.07) is 9.38. The van der Waals surface area contributed by atoms with Crippen LogP contribution in [0.1, 0.15) is 12.5 Å². The van der Waals surface area contributed by atoms with Crippen LogP contribution in [0, 0.1) is 6.92 Å². The highest BCUT2D eigenvalue weighted by molar-refractivity contribution is 7.88. The molecule has 0 saturated heterocycles. The van der Waals surface area contributed by atoms with E-state index in [4.69, 9.17) is 0 Å². The Kier molecular flexibility index (Phi) is 6.51. The molecule has 0 bridgehead atoms. The minimum atomic E-state index is -3.19. The van der Waals surface area contributed by atoms with Gasteiger partial charge in [-0.1, -0.05) is 13.2 Å². The van der Waals surface area contributed by atoms with Gasteiger partial charge in [-0.3, -0.25) is 0 Å². The standard InChI is InChI=1S/C20H27N3O3S/c1-6-23(10-9-21-27(5,25)26)17-7-8-18(14(2)11-17)22-19-12-16(4)20(24)13-15(19)3/h7-8,11-13,21-22,24H,3-4,6,9-10H2,1-2,5H3. The van der Waals surface area contributed by atoms with E-state index in [0.717, 1.165) is 35.4 Å². The van der Waals surface area contributed by atoms with Crippen molar-refractivity contribution in [3.63, 3.8) is 0 Å². The van der Waals surface area contributed by atoms with E-state index >= 15 is 0 Å². The minimum Gasteiger partial charge on any atom is -0.507 e. The third-order valence-electron chi connectivity index (χ3n) is 4.28. The first-order valence-electron chi connectivity index (χ1n) is 8.69. The van der Waals surface area contributed by atoms with Gasteiger partial charge in [0.2, 0.25) is 10.0 Å². The molecule has 0 saturated carbocycles. The van der Waals surface area contributed by atoms with Crippen molar-refractivity contribution < 1.29 is 13.5 Å². The Labute approximate surface area is 160 Å². The SMILES string of the molecule is C=c1cc(Nc2ccc(N(CC)CCNS(C)(=O)=O)cc2C)c(=C)cc1O. The molecule has 0 spiro atoms. The lowest BCUT2D eigenvalue weighted by Crippen LogP contribution is -2.34. The molecule has 2 rings (SSSR count). The van der Waals surface area contributed by atoms with Crippen molar-refractivity contribution in [3.8, 4) is 5.75 Å². The van der Waals surface area contributed by atoms with Crippen molar-refractivity contribution >= 4 is 40.2 Å². The molecule has 2 aromatic carbocycles. The predicted molar refractivity (Wildman–Crippen MR) is 114 cm³/mol. The number of hydrogen-bond donors (Lipinski definition) is 3. The van der Waals surface area contributed by atoms with Crippen LogP contribution < -0.4 is 25.4 Å². The lowest BCUT2D eigenvalue weighted by molar-refractivity contribution is 0.471. The maximum absolute atomic E-state index is 11.2. The van der Waals surface area contributed by atoms with Crippen molar-refractivity contribution in [2.45, 2.75) is 13.8 Å². The van der Waals surface area contributed by atoms with Gasteiger partial charge in [0.1, 0.15) is 5.75 Å². The number of nitrogens with one attached hydrogen (secondary N) is 2. The molecule has 6 nitrogen and oxygen atoms in total. The van der Waals surface area contributed by atoms with Crippen LogP contribution >= 0.6 is 0 Å². The second kappa shape index (κ2) is 8.45. The molecular weight excluding hydrogens is 362 g/mol. The molecule has 0 atom stereocenters. The molecule has 0 aliphatic heterocycles. The highest BCUT2D eigenvalue weighted by Crippen LogP contribution is 2.24. The molecule has 7 heteroatoms. The summed E-state index contributed by atoms with van der Waals surface area (Å²) in [5, 5.41) is 14.3. The highest BCUT2D eigenvalue weighted by Gasteiger charge is 2.09. The molecule has 146 valence electrons. The van der Waals surface area contributed by atoms with Gasteiger partial charge in [0.15, 0.2) is 0 Å². The summed E-state index contributed by atoms with van der Waals surface area (Å²) in [5.41, 5.74) is 3.78. The van der Waals surface area contributed by atoms with Gasteiger partial charge >= 0.3 is 0 Å². The Morgan fingerprint density at radius 3 is 2.41 bits per heavy atom. The lowest BCUT2D eigenvalue weighted by Gasteiger charge is -2.24. The molecule has 0 aliphatic rings. The summed E-state index contributed by atoms with van der Waals surface area (Å²) in [4.78, 5) is 2.11. The Balaban J connectivity index is 2.18. The quantitative estimate of drug-likeness (QED) is 0.598. The van der Waals surface area contributed by atoms with E-state index in [9.17, 15) is 13.5 Å². The van der Waals surface area contributed by atoms with Crippen molar-refractivity contribution in [2.24, 2.45) is 0 Å². The third-order valence-corrected chi connectivity index (χ3v) is 5.01. The van der Waals surface area contributed by atoms with Crippen LogP contribution in [0.25, 0.3) is 13.2 Å². The number of hydrogen-bond acceptors (Lipinski definition) is 5. The van der Waals surface area contributed by atoms with Crippen molar-refractivity contribution in [1.29, 1.82) is 0 Å². The van der Waals surface area contributed by atoms with Crippen LogP contribution in [0.5, 0.6) is 5.75 Å². The molecule has 27 heavy (non-hydrogen) atoms. The van der Waals surface area contributed by atoms with Gasteiger partial charge in [-0.2, -0.15) is 0 Å². The zero-order valence-electron chi connectivity index (χ0n) is 16.0. The summed E-state index contributed by atoms with van der Waals surface area (Å²) in [7, 11) is -3.19. The van der Waals surface area contributed by atoms with E-state index in [1.54, 1.807) is 12.1 Å². The summed E-state index contributed by atoms with van der Waals surface area (Å²) < 4.78 is 25.0. The maximum atomic E-state index is 11.2. The van der Waals surface area contributed by atoms with Gasteiger partial charge in [-0.25, -0.2) is 13.1 Å². The Hall–Kier alpha value is -2.51. The van der Waals surface area contributed by atoms with E-state index in [1.807, 2.05) is 26.0 Å². The first-order valence-corrected chi connectivity index (χ1v) is 10.6. The Bertz CT molecular complexity index is 1020. The number of aryl methyl sites for hydroxylation is 1. The van der Waals surface area contributed by atoms with Crippen LogP contribution in [0.15, 0.2) is 30.3 Å². The van der Waals surface area contributed by atoms with E-state index in [2.05, 4.69) is 34.2 Å². The number of sulfonamides is 1. The van der Waals surface area contributed by atoms with E-state index in [1.165, 1.54) is 0 Å². The number of benzene rings is 2. The molecule has 0 heterocycles. The molecule has 0 aliphatic carbocycles. The molecule has 3 N–H and O–H groups in total. The van der Waals surface area contributed by atoms with Crippen molar-refractivity contribution in [2.75, 3.05) is 36.1 Å². The zero-order valence-corrected chi connectivity index (χ0v) is 16.9. The second-order valence-electron chi connectivity index (χ2n) is 6.51. The van der Waals surface area contributed by atoms with Crippen molar-refractivity contribution in [1.82, 2.24) is 4.72 Å². The summed E-state index contributed by atoms with van der Waals surface area (Å²) in [5.74, 6) is 0.124. The van der Waals surface area contributed by atoms with Gasteiger partial charge in [0.05, 0.1) is 6.26 Å². The normalized spacial score (nSPS) is 11.4. The number of anilines is 3. The molecule has 0 amide bonds. The number of phenolic OH excluding ortho intramolecular Hbond substituents is 1. The molecule has 0 aromatic heterocycles. The molecule has 2 aromatic rings. The van der Waals surface area contributed by atoms with E-state index in [-0.39, 0.29) is 5.75 Å². The third kappa shape index (κ3) is 5.74. The van der Waals surface area contributed by atoms with Crippen LogP contribution in [-0.2, 0) is 10.0 Å². The van der Waals surface area contributed by atoms with Crippen LogP contribution in [-0.4, -0.2) is 39.4 Å². The number of aromatic hydroxyl groups is 1. The van der Waals surface area contributed by atoms with Crippen molar-refractivity contribution in [3.05, 3.63) is 46.3 Å². The topological polar surface area (TPSA) is 81.7 Å². The zero-order chi connectivity index (χ0) is 20.2. The number of phenols is 1. The molecule has 0 unspecified atom stereocenters.